The minimum atomic E-state index is -0.621. The summed E-state index contributed by atoms with van der Waals surface area (Å²) in [7, 11) is -0.621. The predicted molar refractivity (Wildman–Crippen MR) is 319 cm³/mol. The number of hydrogen-bond acceptors (Lipinski definition) is 5. The van der Waals surface area contributed by atoms with Crippen molar-refractivity contribution in [3.8, 4) is 90.2 Å². The standard InChI is InChI=1S/C71H51N4OP/c1-45-17-9-12-27-63(45)76-64-38-36-58-56-35-31-50(42-59(56)60-44-77-40-16-26-55(60)54-24-10-11-25-57(54)66(58)67(64)77)51-32-37-62-61(43-51)71(2)39-14-13-28-65(71)75(62)53-33-29-46(30-34-53)49-22-15-23-52(41-49)70-73-68(47-18-5-3-6-19-47)72-69(74-70)48-20-7-4-8-21-48/h3-39,41-43,65H,40,44H2,1-2H3. The van der Waals surface area contributed by atoms with E-state index in [0.29, 0.717) is 17.5 Å². The summed E-state index contributed by atoms with van der Waals surface area (Å²) in [5, 5.41) is 1.38. The van der Waals surface area contributed by atoms with Gasteiger partial charge in [-0.2, -0.15) is 0 Å². The molecule has 6 aliphatic rings. The molecule has 2 aliphatic carbocycles. The van der Waals surface area contributed by atoms with Crippen molar-refractivity contribution >= 4 is 35.7 Å². The molecule has 0 amide bonds. The smallest absolute Gasteiger partial charge is 0.164 e. The summed E-state index contributed by atoms with van der Waals surface area (Å²) < 4.78 is 6.93. The lowest BCUT2D eigenvalue weighted by molar-refractivity contribution is 0.483. The summed E-state index contributed by atoms with van der Waals surface area (Å²) in [6.07, 6.45) is 16.1. The molecule has 10 aromatic rings. The van der Waals surface area contributed by atoms with Gasteiger partial charge in [-0.05, 0) is 153 Å². The molecule has 5 nitrogen and oxygen atoms in total. The first kappa shape index (κ1) is 45.4. The van der Waals surface area contributed by atoms with E-state index in [2.05, 4.69) is 201 Å². The molecule has 1 aromatic heterocycles. The number of benzene rings is 9. The van der Waals surface area contributed by atoms with E-state index in [1.54, 1.807) is 0 Å². The van der Waals surface area contributed by atoms with Crippen molar-refractivity contribution in [2.75, 3.05) is 17.2 Å². The van der Waals surface area contributed by atoms with E-state index in [9.17, 15) is 0 Å². The highest BCUT2D eigenvalue weighted by Gasteiger charge is 2.46. The monoisotopic (exact) mass is 1010 g/mol. The minimum absolute atomic E-state index is 0.109. The number of nitrogens with zero attached hydrogens (tertiary/aromatic N) is 4. The van der Waals surface area contributed by atoms with Crippen LogP contribution in [-0.4, -0.2) is 33.3 Å². The molecule has 4 aliphatic heterocycles. The Kier molecular flexibility index (Phi) is 10.7. The maximum Gasteiger partial charge on any atom is 0.164 e. The third kappa shape index (κ3) is 7.52. The molecule has 0 saturated heterocycles. The van der Waals surface area contributed by atoms with Crippen LogP contribution in [-0.2, 0) is 5.41 Å². The van der Waals surface area contributed by atoms with Crippen LogP contribution in [0.2, 0.25) is 0 Å². The molecule has 5 heterocycles. The first-order chi connectivity index (χ1) is 37.9. The van der Waals surface area contributed by atoms with Crippen LogP contribution in [0.1, 0.15) is 29.2 Å². The summed E-state index contributed by atoms with van der Waals surface area (Å²) in [4.78, 5) is 17.5. The Labute approximate surface area is 450 Å². The maximum absolute atomic E-state index is 6.93. The number of anilines is 2. The zero-order valence-electron chi connectivity index (χ0n) is 42.7. The van der Waals surface area contributed by atoms with E-state index in [1.807, 2.05) is 60.7 Å². The fraction of sp³-hybridized carbons (Fsp3) is 0.0845. The van der Waals surface area contributed by atoms with E-state index >= 15 is 0 Å². The van der Waals surface area contributed by atoms with Crippen molar-refractivity contribution in [1.82, 2.24) is 15.0 Å². The van der Waals surface area contributed by atoms with Gasteiger partial charge in [0.1, 0.15) is 11.5 Å². The summed E-state index contributed by atoms with van der Waals surface area (Å²) in [6, 6.07) is 74.4. The van der Waals surface area contributed by atoms with Crippen LogP contribution in [0.3, 0.4) is 0 Å². The molecule has 77 heavy (non-hydrogen) atoms. The molecule has 0 radical (unpaired) electrons. The van der Waals surface area contributed by atoms with Gasteiger partial charge in [0.15, 0.2) is 17.5 Å². The maximum atomic E-state index is 6.93. The second-order valence-corrected chi connectivity index (χ2v) is 23.1. The third-order valence-electron chi connectivity index (χ3n) is 16.4. The zero-order chi connectivity index (χ0) is 51.2. The number of ether oxygens (including phenoxy) is 1. The van der Waals surface area contributed by atoms with Gasteiger partial charge in [0.2, 0.25) is 0 Å². The molecule has 3 atom stereocenters. The van der Waals surface area contributed by atoms with Gasteiger partial charge < -0.3 is 9.64 Å². The fourth-order valence-electron chi connectivity index (χ4n) is 12.5. The van der Waals surface area contributed by atoms with Crippen molar-refractivity contribution in [1.29, 1.82) is 0 Å². The lowest BCUT2D eigenvalue weighted by atomic mass is 9.75. The highest BCUT2D eigenvalue weighted by Crippen LogP contribution is 2.58. The molecule has 6 heteroatoms. The normalized spacial score (nSPS) is 18.0. The number of fused-ring (bicyclic) bond motifs is 3. The second kappa shape index (κ2) is 18.1. The highest BCUT2D eigenvalue weighted by molar-refractivity contribution is 7.67. The Balaban J connectivity index is 0.791. The van der Waals surface area contributed by atoms with E-state index in [0.717, 1.165) is 62.9 Å². The zero-order valence-corrected chi connectivity index (χ0v) is 43.6. The Bertz CT molecular complexity index is 4120. The van der Waals surface area contributed by atoms with Gasteiger partial charge in [0, 0.05) is 44.3 Å². The van der Waals surface area contributed by atoms with Gasteiger partial charge in [0.05, 0.1) is 6.04 Å². The Morgan fingerprint density at radius 3 is 1.94 bits per heavy atom. The van der Waals surface area contributed by atoms with Crippen molar-refractivity contribution in [2.45, 2.75) is 25.3 Å². The van der Waals surface area contributed by atoms with Gasteiger partial charge in [-0.3, -0.25) is 0 Å². The Morgan fingerprint density at radius 2 is 1.16 bits per heavy atom. The lowest BCUT2D eigenvalue weighted by Crippen LogP contribution is -2.39. The highest BCUT2D eigenvalue weighted by atomic mass is 31.1. The number of aromatic nitrogens is 3. The van der Waals surface area contributed by atoms with Crippen LogP contribution in [0, 0.1) is 6.92 Å². The Morgan fingerprint density at radius 1 is 0.519 bits per heavy atom. The van der Waals surface area contributed by atoms with E-state index in [4.69, 9.17) is 19.7 Å². The molecule has 0 fully saturated rings. The summed E-state index contributed by atoms with van der Waals surface area (Å²) in [6.45, 7) is 4.54. The van der Waals surface area contributed by atoms with Crippen molar-refractivity contribution < 1.29 is 4.74 Å². The molecular formula is C71H51N4OP. The van der Waals surface area contributed by atoms with Crippen LogP contribution in [0.25, 0.3) is 89.8 Å². The van der Waals surface area contributed by atoms with Crippen LogP contribution in [0.15, 0.2) is 243 Å². The average molecular weight is 1010 g/mol. The van der Waals surface area contributed by atoms with Gasteiger partial charge in [-0.25, -0.2) is 15.0 Å². The molecule has 0 spiro atoms. The number of rotatable bonds is 8. The van der Waals surface area contributed by atoms with Gasteiger partial charge >= 0.3 is 0 Å². The summed E-state index contributed by atoms with van der Waals surface area (Å²) in [5.41, 5.74) is 22.8. The van der Waals surface area contributed by atoms with Crippen molar-refractivity contribution in [2.24, 2.45) is 0 Å². The number of hydrogen-bond donors (Lipinski definition) is 0. The van der Waals surface area contributed by atoms with Crippen molar-refractivity contribution in [3.63, 3.8) is 0 Å². The third-order valence-corrected chi connectivity index (χ3v) is 18.8. The molecule has 0 N–H and O–H groups in total. The van der Waals surface area contributed by atoms with Gasteiger partial charge in [-0.15, -0.1) is 0 Å². The van der Waals surface area contributed by atoms with Gasteiger partial charge in [0.25, 0.3) is 0 Å². The van der Waals surface area contributed by atoms with E-state index in [1.165, 1.54) is 72.2 Å². The summed E-state index contributed by atoms with van der Waals surface area (Å²) >= 11 is 0. The van der Waals surface area contributed by atoms with Crippen LogP contribution in [0.5, 0.6) is 11.5 Å². The molecule has 0 saturated carbocycles. The SMILES string of the molecule is Cc1ccccc1Oc1ccc2c3c1P1CC=CC(=C(C1)c1cc(-c4ccc5c(c4)C4(C)C=CC=CC4N5c4ccc(-c5cccc(-c6nc(-c7ccccc7)nc(-c7ccccc7)n6)c5)cc4)ccc1-2)c1ccccc1-3. The van der Waals surface area contributed by atoms with Crippen LogP contribution >= 0.6 is 7.92 Å². The molecule has 3 unspecified atom stereocenters. The Hall–Kier alpha value is -9.02. The number of aryl methyl sites for hydroxylation is 1. The first-order valence-corrected chi connectivity index (χ1v) is 28.3. The summed E-state index contributed by atoms with van der Waals surface area (Å²) in [5.74, 6) is 3.84. The molecule has 366 valence electrons. The van der Waals surface area contributed by atoms with Gasteiger partial charge in [-0.1, -0.05) is 196 Å². The predicted octanol–water partition coefficient (Wildman–Crippen LogP) is 17.5. The lowest BCUT2D eigenvalue weighted by Gasteiger charge is -2.34. The fourth-order valence-corrected chi connectivity index (χ4v) is 15.1. The first-order valence-electron chi connectivity index (χ1n) is 26.6. The largest absolute Gasteiger partial charge is 0.456 e. The number of para-hydroxylation sites is 1. The number of allylic oxidation sites excluding steroid dienone is 6. The minimum Gasteiger partial charge on any atom is -0.456 e. The van der Waals surface area contributed by atoms with Crippen LogP contribution in [0.4, 0.5) is 11.4 Å². The average Bonchev–Trinajstić information content (AvgIpc) is 3.86. The van der Waals surface area contributed by atoms with E-state index in [-0.39, 0.29) is 11.5 Å². The van der Waals surface area contributed by atoms with Crippen LogP contribution < -0.4 is 14.9 Å². The quantitative estimate of drug-likeness (QED) is 0.142. The van der Waals surface area contributed by atoms with E-state index < -0.39 is 7.92 Å². The topological polar surface area (TPSA) is 51.1 Å². The molecule has 6 bridgehead atoms. The molecule has 16 rings (SSSR count). The molecule has 9 aromatic carbocycles. The second-order valence-electron chi connectivity index (χ2n) is 20.9. The van der Waals surface area contributed by atoms with Crippen molar-refractivity contribution in [3.05, 3.63) is 265 Å². The molecular weight excluding hydrogens is 956 g/mol.